The van der Waals surface area contributed by atoms with Crippen LogP contribution in [0, 0.1) is 5.92 Å². The van der Waals surface area contributed by atoms with Crippen LogP contribution in [0.4, 0.5) is 5.69 Å². The SMILES string of the molecule is CCOC(=O)CN1C(=O)C(NC(=O)[C@@H](SC(C)=O)C(C)C)=CCc2ccc(-c3ccccc3)cc21. The number of allylic oxidation sites excluding steroid dienone is 1. The lowest BCUT2D eigenvalue weighted by atomic mass is 10.0. The zero-order valence-electron chi connectivity index (χ0n) is 20.4. The lowest BCUT2D eigenvalue weighted by Crippen LogP contribution is -2.44. The molecule has 2 amide bonds. The van der Waals surface area contributed by atoms with Crippen molar-refractivity contribution in [2.45, 2.75) is 39.4 Å². The van der Waals surface area contributed by atoms with E-state index in [0.717, 1.165) is 28.5 Å². The molecule has 0 unspecified atom stereocenters. The van der Waals surface area contributed by atoms with Gasteiger partial charge in [0.15, 0.2) is 5.12 Å². The first-order valence-corrected chi connectivity index (χ1v) is 12.4. The number of nitrogens with zero attached hydrogens (tertiary/aromatic N) is 1. The number of benzene rings is 2. The van der Waals surface area contributed by atoms with Crippen molar-refractivity contribution in [2.24, 2.45) is 5.92 Å². The zero-order valence-corrected chi connectivity index (χ0v) is 21.2. The molecule has 0 fully saturated rings. The quantitative estimate of drug-likeness (QED) is 0.555. The van der Waals surface area contributed by atoms with Crippen LogP contribution >= 0.6 is 11.8 Å². The minimum Gasteiger partial charge on any atom is -0.465 e. The summed E-state index contributed by atoms with van der Waals surface area (Å²) in [5.74, 6) is -1.60. The Kier molecular flexibility index (Phi) is 8.87. The van der Waals surface area contributed by atoms with Crippen LogP contribution in [0.2, 0.25) is 0 Å². The first kappa shape index (κ1) is 26.2. The fourth-order valence-electron chi connectivity index (χ4n) is 3.82. The maximum atomic E-state index is 13.6. The monoisotopic (exact) mass is 494 g/mol. The van der Waals surface area contributed by atoms with Crippen LogP contribution in [0.15, 0.2) is 60.3 Å². The number of carbonyl (C=O) groups excluding carboxylic acids is 4. The maximum Gasteiger partial charge on any atom is 0.326 e. The second kappa shape index (κ2) is 11.8. The van der Waals surface area contributed by atoms with E-state index in [9.17, 15) is 19.2 Å². The number of fused-ring (bicyclic) bond motifs is 1. The third kappa shape index (κ3) is 6.60. The van der Waals surface area contributed by atoms with Gasteiger partial charge in [0.05, 0.1) is 11.9 Å². The molecule has 35 heavy (non-hydrogen) atoms. The Balaban J connectivity index is 1.97. The number of esters is 1. The number of rotatable bonds is 8. The molecule has 0 saturated heterocycles. The Morgan fingerprint density at radius 2 is 1.80 bits per heavy atom. The van der Waals surface area contributed by atoms with Crippen LogP contribution in [-0.2, 0) is 30.3 Å². The standard InChI is InChI=1S/C27H30N2O5S/c1-5-34-24(31)16-29-23-15-21(19-9-7-6-8-10-19)12-11-20(23)13-14-22(27(29)33)28-26(32)25(17(2)3)35-18(4)30/h6-12,14-15,17,25H,5,13,16H2,1-4H3,(H,28,32)/t25-/m0/s1. The van der Waals surface area contributed by atoms with Gasteiger partial charge in [-0.05, 0) is 42.0 Å². The molecule has 7 nitrogen and oxygen atoms in total. The minimum absolute atomic E-state index is 0.0755. The second-order valence-electron chi connectivity index (χ2n) is 8.49. The highest BCUT2D eigenvalue weighted by Crippen LogP contribution is 2.32. The van der Waals surface area contributed by atoms with Crippen LogP contribution in [0.5, 0.6) is 0 Å². The Hall–Kier alpha value is -3.39. The highest BCUT2D eigenvalue weighted by Gasteiger charge is 2.31. The number of ether oxygens (including phenoxy) is 1. The van der Waals surface area contributed by atoms with Crippen molar-refractivity contribution in [3.63, 3.8) is 0 Å². The predicted octanol–water partition coefficient (Wildman–Crippen LogP) is 4.11. The van der Waals surface area contributed by atoms with Crippen LogP contribution in [0.1, 0.15) is 33.3 Å². The van der Waals surface area contributed by atoms with Gasteiger partial charge in [-0.2, -0.15) is 0 Å². The Bertz CT molecular complexity index is 1140. The maximum absolute atomic E-state index is 13.6. The molecule has 1 aliphatic heterocycles. The third-order valence-corrected chi connectivity index (χ3v) is 6.84. The molecular weight excluding hydrogens is 464 g/mol. The lowest BCUT2D eigenvalue weighted by molar-refractivity contribution is -0.142. The average molecular weight is 495 g/mol. The van der Waals surface area contributed by atoms with Crippen LogP contribution in [0.3, 0.4) is 0 Å². The molecule has 0 radical (unpaired) electrons. The highest BCUT2D eigenvalue weighted by atomic mass is 32.2. The Morgan fingerprint density at radius 1 is 1.09 bits per heavy atom. The van der Waals surface area contributed by atoms with Gasteiger partial charge in [-0.15, -0.1) is 0 Å². The molecule has 8 heteroatoms. The van der Waals surface area contributed by atoms with Crippen molar-refractivity contribution in [1.29, 1.82) is 0 Å². The van der Waals surface area contributed by atoms with Crippen molar-refractivity contribution < 1.29 is 23.9 Å². The number of hydrogen-bond donors (Lipinski definition) is 1. The molecule has 1 N–H and O–H groups in total. The molecule has 0 aliphatic carbocycles. The summed E-state index contributed by atoms with van der Waals surface area (Å²) in [4.78, 5) is 52.0. The van der Waals surface area contributed by atoms with Crippen molar-refractivity contribution >= 4 is 40.3 Å². The fourth-order valence-corrected chi connectivity index (χ4v) is 4.62. The summed E-state index contributed by atoms with van der Waals surface area (Å²) in [6.07, 6.45) is 2.04. The predicted molar refractivity (Wildman–Crippen MR) is 138 cm³/mol. The van der Waals surface area contributed by atoms with Gasteiger partial charge >= 0.3 is 5.97 Å². The van der Waals surface area contributed by atoms with E-state index in [2.05, 4.69) is 5.32 Å². The van der Waals surface area contributed by atoms with Gasteiger partial charge in [-0.25, -0.2) is 0 Å². The molecule has 0 saturated carbocycles. The first-order chi connectivity index (χ1) is 16.7. The molecule has 184 valence electrons. The van der Waals surface area contributed by atoms with E-state index < -0.39 is 23.0 Å². The smallest absolute Gasteiger partial charge is 0.326 e. The molecule has 0 bridgehead atoms. The molecule has 2 aromatic carbocycles. The zero-order chi connectivity index (χ0) is 25.5. The Morgan fingerprint density at radius 3 is 2.43 bits per heavy atom. The van der Waals surface area contributed by atoms with E-state index in [1.165, 1.54) is 11.8 Å². The number of nitrogens with one attached hydrogen (secondary N) is 1. The number of anilines is 1. The van der Waals surface area contributed by atoms with Crippen LogP contribution in [-0.4, -0.2) is 41.3 Å². The van der Waals surface area contributed by atoms with Crippen molar-refractivity contribution in [1.82, 2.24) is 5.32 Å². The highest BCUT2D eigenvalue weighted by molar-refractivity contribution is 8.14. The topological polar surface area (TPSA) is 92.8 Å². The number of carbonyl (C=O) groups is 4. The van der Waals surface area contributed by atoms with Crippen molar-refractivity contribution in [3.8, 4) is 11.1 Å². The normalized spacial score (nSPS) is 14.0. The fraction of sp³-hybridized carbons (Fsp3) is 0.333. The summed E-state index contributed by atoms with van der Waals surface area (Å²) >= 11 is 0.939. The lowest BCUT2D eigenvalue weighted by Gasteiger charge is -2.25. The molecule has 0 spiro atoms. The molecular formula is C27H30N2O5S. The van der Waals surface area contributed by atoms with Gasteiger partial charge in [0.1, 0.15) is 12.2 Å². The van der Waals surface area contributed by atoms with E-state index in [0.29, 0.717) is 12.1 Å². The van der Waals surface area contributed by atoms with Gasteiger partial charge in [0.25, 0.3) is 5.91 Å². The first-order valence-electron chi connectivity index (χ1n) is 11.5. The molecule has 0 aromatic heterocycles. The van der Waals surface area contributed by atoms with E-state index >= 15 is 0 Å². The molecule has 3 rings (SSSR count). The van der Waals surface area contributed by atoms with Crippen LogP contribution in [0.25, 0.3) is 11.1 Å². The second-order valence-corrected chi connectivity index (χ2v) is 9.81. The summed E-state index contributed by atoms with van der Waals surface area (Å²) in [7, 11) is 0. The number of amides is 2. The molecule has 1 atom stereocenters. The minimum atomic E-state index is -0.644. The summed E-state index contributed by atoms with van der Waals surface area (Å²) in [5, 5.41) is 1.90. The average Bonchev–Trinajstić information content (AvgIpc) is 2.95. The Labute approximate surface area is 209 Å². The number of hydrogen-bond acceptors (Lipinski definition) is 6. The largest absolute Gasteiger partial charge is 0.465 e. The van der Waals surface area contributed by atoms with Crippen LogP contribution < -0.4 is 10.2 Å². The van der Waals surface area contributed by atoms with E-state index in [4.69, 9.17) is 4.74 Å². The summed E-state index contributed by atoms with van der Waals surface area (Å²) in [6.45, 7) is 6.70. The van der Waals surface area contributed by atoms with Gasteiger partial charge in [-0.3, -0.25) is 24.1 Å². The molecule has 1 aliphatic rings. The third-order valence-electron chi connectivity index (χ3n) is 5.49. The van der Waals surface area contributed by atoms with Crippen molar-refractivity contribution in [2.75, 3.05) is 18.1 Å². The van der Waals surface area contributed by atoms with Gasteiger partial charge in [-0.1, -0.05) is 74.1 Å². The number of thioether (sulfide) groups is 1. The molecule has 1 heterocycles. The van der Waals surface area contributed by atoms with Gasteiger partial charge in [0.2, 0.25) is 5.91 Å². The van der Waals surface area contributed by atoms with E-state index in [-0.39, 0.29) is 29.9 Å². The molecule has 2 aromatic rings. The van der Waals surface area contributed by atoms with Crippen molar-refractivity contribution in [3.05, 3.63) is 65.9 Å². The van der Waals surface area contributed by atoms with Gasteiger partial charge in [0, 0.05) is 12.6 Å². The van der Waals surface area contributed by atoms with Gasteiger partial charge < -0.3 is 10.1 Å². The summed E-state index contributed by atoms with van der Waals surface area (Å²) < 4.78 is 5.11. The summed E-state index contributed by atoms with van der Waals surface area (Å²) in [5.41, 5.74) is 3.38. The summed E-state index contributed by atoms with van der Waals surface area (Å²) in [6, 6.07) is 15.5. The van der Waals surface area contributed by atoms with E-state index in [1.807, 2.05) is 62.4 Å². The van der Waals surface area contributed by atoms with E-state index in [1.54, 1.807) is 13.0 Å².